The number of ketones is 1. The average Bonchev–Trinajstić information content (AvgIpc) is 2.56. The summed E-state index contributed by atoms with van der Waals surface area (Å²) in [6, 6.07) is 3.09. The number of hydrogen-bond acceptors (Lipinski definition) is 3. The van der Waals surface area contributed by atoms with Gasteiger partial charge in [0.15, 0.2) is 0 Å². The second kappa shape index (κ2) is 4.22. The molecule has 0 saturated carbocycles. The molecule has 0 aliphatic carbocycles. The third kappa shape index (κ3) is 2.00. The van der Waals surface area contributed by atoms with Crippen molar-refractivity contribution in [2.75, 3.05) is 0 Å². The van der Waals surface area contributed by atoms with Gasteiger partial charge in [0.25, 0.3) is 0 Å². The van der Waals surface area contributed by atoms with E-state index < -0.39 is 0 Å². The largest absolute Gasteiger partial charge is 0.300 e. The van der Waals surface area contributed by atoms with Crippen LogP contribution >= 0.6 is 0 Å². The van der Waals surface area contributed by atoms with Crippen molar-refractivity contribution in [3.63, 3.8) is 0 Å². The second-order valence-electron chi connectivity index (χ2n) is 5.31. The van der Waals surface area contributed by atoms with Crippen LogP contribution in [0.4, 0.5) is 0 Å². The lowest BCUT2D eigenvalue weighted by molar-refractivity contribution is -0.123. The lowest BCUT2D eigenvalue weighted by Crippen LogP contribution is -2.42. The van der Waals surface area contributed by atoms with Crippen molar-refractivity contribution < 1.29 is 4.79 Å². The summed E-state index contributed by atoms with van der Waals surface area (Å²) in [6.45, 7) is 3.09. The van der Waals surface area contributed by atoms with Crippen LogP contribution in [-0.2, 0) is 11.3 Å². The van der Waals surface area contributed by atoms with Crippen LogP contribution in [-0.4, -0.2) is 27.8 Å². The molecule has 1 aromatic heterocycles. The van der Waals surface area contributed by atoms with Crippen LogP contribution in [0.25, 0.3) is 0 Å². The molecule has 2 atom stereocenters. The molecule has 90 valence electrons. The molecule has 1 aromatic rings. The normalized spacial score (nSPS) is 28.6. The molecule has 17 heavy (non-hydrogen) atoms. The molecule has 0 radical (unpaired) electrons. The van der Waals surface area contributed by atoms with Gasteiger partial charge in [-0.25, -0.2) is 0 Å². The number of fused-ring (bicyclic) bond motifs is 2. The fourth-order valence-corrected chi connectivity index (χ4v) is 3.20. The SMILES string of the molecule is Cc1cnccc1CN1C2CCC1CC(=O)C2. The van der Waals surface area contributed by atoms with Crippen LogP contribution in [0.1, 0.15) is 36.8 Å². The summed E-state index contributed by atoms with van der Waals surface area (Å²) in [5.74, 6) is 0.459. The predicted molar refractivity (Wildman–Crippen MR) is 65.6 cm³/mol. The third-order valence-electron chi connectivity index (χ3n) is 4.19. The van der Waals surface area contributed by atoms with Crippen molar-refractivity contribution in [1.29, 1.82) is 0 Å². The Bertz CT molecular complexity index is 428. The standard InChI is InChI=1S/C14H18N2O/c1-10-8-15-5-4-11(10)9-16-12-2-3-13(16)7-14(17)6-12/h4-5,8,12-13H,2-3,6-7,9H2,1H3. The highest BCUT2D eigenvalue weighted by Gasteiger charge is 2.39. The van der Waals surface area contributed by atoms with Crippen molar-refractivity contribution in [1.82, 2.24) is 9.88 Å². The Morgan fingerprint density at radius 3 is 2.71 bits per heavy atom. The number of nitrogens with zero attached hydrogens (tertiary/aromatic N) is 2. The molecule has 3 rings (SSSR count). The number of Topliss-reactive ketones (excluding diaryl/α,β-unsaturated/α-hetero) is 1. The van der Waals surface area contributed by atoms with Crippen LogP contribution < -0.4 is 0 Å². The maximum absolute atomic E-state index is 11.6. The van der Waals surface area contributed by atoms with E-state index in [-0.39, 0.29) is 0 Å². The van der Waals surface area contributed by atoms with E-state index in [4.69, 9.17) is 0 Å². The minimum absolute atomic E-state index is 0.459. The van der Waals surface area contributed by atoms with Gasteiger partial charge in [-0.2, -0.15) is 0 Å². The molecule has 2 aliphatic heterocycles. The molecule has 2 saturated heterocycles. The maximum Gasteiger partial charge on any atom is 0.136 e. The summed E-state index contributed by atoms with van der Waals surface area (Å²) >= 11 is 0. The van der Waals surface area contributed by atoms with E-state index in [9.17, 15) is 4.79 Å². The van der Waals surface area contributed by atoms with E-state index in [1.807, 2.05) is 12.4 Å². The summed E-state index contributed by atoms with van der Waals surface area (Å²) < 4.78 is 0. The molecule has 0 N–H and O–H groups in total. The quantitative estimate of drug-likeness (QED) is 0.780. The van der Waals surface area contributed by atoms with Gasteiger partial charge in [0.2, 0.25) is 0 Å². The Kier molecular flexibility index (Phi) is 2.71. The highest BCUT2D eigenvalue weighted by molar-refractivity contribution is 5.80. The Morgan fingerprint density at radius 1 is 1.35 bits per heavy atom. The maximum atomic E-state index is 11.6. The zero-order chi connectivity index (χ0) is 11.8. The van der Waals surface area contributed by atoms with E-state index in [0.29, 0.717) is 17.9 Å². The minimum atomic E-state index is 0.459. The summed E-state index contributed by atoms with van der Waals surface area (Å²) in [7, 11) is 0. The highest BCUT2D eigenvalue weighted by Crippen LogP contribution is 2.35. The fraction of sp³-hybridized carbons (Fsp3) is 0.571. The number of aryl methyl sites for hydroxylation is 1. The molecular formula is C14H18N2O. The monoisotopic (exact) mass is 230 g/mol. The molecule has 2 bridgehead atoms. The van der Waals surface area contributed by atoms with E-state index in [1.54, 1.807) is 0 Å². The zero-order valence-electron chi connectivity index (χ0n) is 10.2. The van der Waals surface area contributed by atoms with Crippen molar-refractivity contribution in [3.05, 3.63) is 29.6 Å². The number of pyridine rings is 1. The number of piperidine rings is 1. The molecule has 0 amide bonds. The predicted octanol–water partition coefficient (Wildman–Crippen LogP) is 2.09. The van der Waals surface area contributed by atoms with Crippen LogP contribution in [0.3, 0.4) is 0 Å². The van der Waals surface area contributed by atoms with Gasteiger partial charge in [0.05, 0.1) is 0 Å². The van der Waals surface area contributed by atoms with Crippen LogP contribution in [0, 0.1) is 6.92 Å². The smallest absolute Gasteiger partial charge is 0.136 e. The van der Waals surface area contributed by atoms with Gasteiger partial charge in [0, 0.05) is 43.9 Å². The first-order chi connectivity index (χ1) is 8.24. The van der Waals surface area contributed by atoms with Crippen molar-refractivity contribution in [3.8, 4) is 0 Å². The Hall–Kier alpha value is -1.22. The number of hydrogen-bond donors (Lipinski definition) is 0. The van der Waals surface area contributed by atoms with Gasteiger partial charge in [-0.15, -0.1) is 0 Å². The first-order valence-electron chi connectivity index (χ1n) is 6.41. The molecule has 0 spiro atoms. The van der Waals surface area contributed by atoms with Gasteiger partial charge < -0.3 is 0 Å². The number of carbonyl (C=O) groups is 1. The minimum Gasteiger partial charge on any atom is -0.300 e. The van der Waals surface area contributed by atoms with Gasteiger partial charge in [-0.1, -0.05) is 0 Å². The van der Waals surface area contributed by atoms with Gasteiger partial charge in [-0.05, 0) is 37.0 Å². The molecule has 0 aromatic carbocycles. The first-order valence-corrected chi connectivity index (χ1v) is 6.41. The van der Waals surface area contributed by atoms with Crippen molar-refractivity contribution >= 4 is 5.78 Å². The average molecular weight is 230 g/mol. The fourth-order valence-electron chi connectivity index (χ4n) is 3.20. The molecule has 3 heterocycles. The number of rotatable bonds is 2. The Labute approximate surface area is 102 Å². The molecule has 2 fully saturated rings. The van der Waals surface area contributed by atoms with Crippen LogP contribution in [0.5, 0.6) is 0 Å². The van der Waals surface area contributed by atoms with Gasteiger partial charge >= 0.3 is 0 Å². The number of aromatic nitrogens is 1. The molecular weight excluding hydrogens is 212 g/mol. The molecule has 2 aliphatic rings. The highest BCUT2D eigenvalue weighted by atomic mass is 16.1. The van der Waals surface area contributed by atoms with E-state index in [2.05, 4.69) is 22.9 Å². The van der Waals surface area contributed by atoms with Gasteiger partial charge in [0.1, 0.15) is 5.78 Å². The topological polar surface area (TPSA) is 33.2 Å². The Balaban J connectivity index is 1.79. The lowest BCUT2D eigenvalue weighted by atomic mass is 10.00. The van der Waals surface area contributed by atoms with E-state index in [1.165, 1.54) is 24.0 Å². The van der Waals surface area contributed by atoms with Gasteiger partial charge in [-0.3, -0.25) is 14.7 Å². The molecule has 2 unspecified atom stereocenters. The second-order valence-corrected chi connectivity index (χ2v) is 5.31. The summed E-state index contributed by atoms with van der Waals surface area (Å²) in [4.78, 5) is 18.2. The van der Waals surface area contributed by atoms with E-state index >= 15 is 0 Å². The zero-order valence-corrected chi connectivity index (χ0v) is 10.2. The van der Waals surface area contributed by atoms with Crippen molar-refractivity contribution in [2.45, 2.75) is 51.2 Å². The lowest BCUT2D eigenvalue weighted by Gasteiger charge is -2.34. The van der Waals surface area contributed by atoms with Crippen molar-refractivity contribution in [2.24, 2.45) is 0 Å². The van der Waals surface area contributed by atoms with Crippen LogP contribution in [0.15, 0.2) is 18.5 Å². The molecule has 3 nitrogen and oxygen atoms in total. The summed E-state index contributed by atoms with van der Waals surface area (Å²) in [5, 5.41) is 0. The Morgan fingerprint density at radius 2 is 2.06 bits per heavy atom. The summed E-state index contributed by atoms with van der Waals surface area (Å²) in [6.07, 6.45) is 7.70. The van der Waals surface area contributed by atoms with E-state index in [0.717, 1.165) is 19.4 Å². The summed E-state index contributed by atoms with van der Waals surface area (Å²) in [5.41, 5.74) is 2.61. The number of carbonyl (C=O) groups excluding carboxylic acids is 1. The first kappa shape index (κ1) is 10.9. The molecule has 3 heteroatoms. The third-order valence-corrected chi connectivity index (χ3v) is 4.19. The van der Waals surface area contributed by atoms with Crippen LogP contribution in [0.2, 0.25) is 0 Å².